The van der Waals surface area contributed by atoms with E-state index in [0.29, 0.717) is 25.0 Å². The zero-order valence-electron chi connectivity index (χ0n) is 11.1. The highest BCUT2D eigenvalue weighted by Crippen LogP contribution is 2.18. The Balaban J connectivity index is 1.65. The van der Waals surface area contributed by atoms with Gasteiger partial charge in [0.15, 0.2) is 0 Å². The Morgan fingerprint density at radius 1 is 1.56 bits per heavy atom. The van der Waals surface area contributed by atoms with Gasteiger partial charge in [0.25, 0.3) is 0 Å². The molecule has 2 rings (SSSR count). The molecule has 1 aromatic heterocycles. The van der Waals surface area contributed by atoms with E-state index in [9.17, 15) is 4.79 Å². The fourth-order valence-electron chi connectivity index (χ4n) is 1.88. The minimum atomic E-state index is 0.155. The van der Waals surface area contributed by atoms with Gasteiger partial charge in [0.1, 0.15) is 0 Å². The largest absolute Gasteiger partial charge is 0.353 e. The topological polar surface area (TPSA) is 59.0 Å². The van der Waals surface area contributed by atoms with Gasteiger partial charge in [-0.1, -0.05) is 0 Å². The van der Waals surface area contributed by atoms with Gasteiger partial charge in [0.05, 0.1) is 12.0 Å². The summed E-state index contributed by atoms with van der Waals surface area (Å²) in [5.74, 6) is 0.155. The van der Waals surface area contributed by atoms with Crippen LogP contribution in [0.25, 0.3) is 0 Å². The van der Waals surface area contributed by atoms with Crippen molar-refractivity contribution in [3.8, 4) is 0 Å². The van der Waals surface area contributed by atoms with Gasteiger partial charge >= 0.3 is 0 Å². The van der Waals surface area contributed by atoms with E-state index in [-0.39, 0.29) is 5.91 Å². The summed E-state index contributed by atoms with van der Waals surface area (Å²) < 4.78 is 2.14. The lowest BCUT2D eigenvalue weighted by atomic mass is 10.3. The summed E-state index contributed by atoms with van der Waals surface area (Å²) >= 11 is 0. The molecule has 0 atom stereocenters. The molecule has 100 valence electrons. The van der Waals surface area contributed by atoms with Crippen LogP contribution in [-0.2, 0) is 11.3 Å². The Kier molecular flexibility index (Phi) is 4.36. The SMILES string of the molecule is CC(C)n1cncc1CNCCC(=O)NC1CC1. The molecule has 5 nitrogen and oxygen atoms in total. The van der Waals surface area contributed by atoms with E-state index in [1.54, 1.807) is 0 Å². The van der Waals surface area contributed by atoms with Gasteiger partial charge < -0.3 is 15.2 Å². The second-order valence-corrected chi connectivity index (χ2v) is 5.15. The lowest BCUT2D eigenvalue weighted by molar-refractivity contribution is -0.121. The average molecular weight is 250 g/mol. The van der Waals surface area contributed by atoms with E-state index in [2.05, 4.69) is 34.0 Å². The molecular formula is C13H22N4O. The Labute approximate surface area is 108 Å². The van der Waals surface area contributed by atoms with E-state index in [0.717, 1.165) is 25.1 Å². The van der Waals surface area contributed by atoms with Gasteiger partial charge in [0, 0.05) is 37.8 Å². The first-order valence-electron chi connectivity index (χ1n) is 6.67. The summed E-state index contributed by atoms with van der Waals surface area (Å²) in [7, 11) is 0. The molecule has 0 aromatic carbocycles. The van der Waals surface area contributed by atoms with Gasteiger partial charge in [0.2, 0.25) is 5.91 Å². The van der Waals surface area contributed by atoms with Crippen LogP contribution in [0.1, 0.15) is 44.8 Å². The van der Waals surface area contributed by atoms with Gasteiger partial charge in [-0.05, 0) is 26.7 Å². The van der Waals surface area contributed by atoms with E-state index < -0.39 is 0 Å². The first-order chi connectivity index (χ1) is 8.66. The van der Waals surface area contributed by atoms with E-state index in [1.165, 1.54) is 0 Å². The summed E-state index contributed by atoms with van der Waals surface area (Å²) in [5.41, 5.74) is 1.16. The zero-order valence-corrected chi connectivity index (χ0v) is 11.1. The lowest BCUT2D eigenvalue weighted by Crippen LogP contribution is -2.29. The summed E-state index contributed by atoms with van der Waals surface area (Å²) in [6.45, 7) is 5.74. The number of carbonyl (C=O) groups excluding carboxylic acids is 1. The van der Waals surface area contributed by atoms with Crippen molar-refractivity contribution in [2.45, 2.75) is 51.7 Å². The highest BCUT2D eigenvalue weighted by molar-refractivity contribution is 5.76. The van der Waals surface area contributed by atoms with Crippen molar-refractivity contribution in [3.63, 3.8) is 0 Å². The Morgan fingerprint density at radius 2 is 2.33 bits per heavy atom. The number of imidazole rings is 1. The van der Waals surface area contributed by atoms with Crippen LogP contribution < -0.4 is 10.6 Å². The molecule has 0 saturated heterocycles. The Morgan fingerprint density at radius 3 is 3.00 bits per heavy atom. The van der Waals surface area contributed by atoms with Gasteiger partial charge in [-0.25, -0.2) is 4.98 Å². The highest BCUT2D eigenvalue weighted by Gasteiger charge is 2.22. The number of aromatic nitrogens is 2. The van der Waals surface area contributed by atoms with Crippen LogP contribution in [0, 0.1) is 0 Å². The van der Waals surface area contributed by atoms with Crippen molar-refractivity contribution in [2.75, 3.05) is 6.54 Å². The number of carbonyl (C=O) groups is 1. The first kappa shape index (κ1) is 13.1. The fourth-order valence-corrected chi connectivity index (χ4v) is 1.88. The maximum atomic E-state index is 11.5. The van der Waals surface area contributed by atoms with Crippen molar-refractivity contribution >= 4 is 5.91 Å². The molecule has 0 unspecified atom stereocenters. The molecule has 5 heteroatoms. The van der Waals surface area contributed by atoms with E-state index in [1.807, 2.05) is 12.5 Å². The van der Waals surface area contributed by atoms with E-state index in [4.69, 9.17) is 0 Å². The first-order valence-corrected chi connectivity index (χ1v) is 6.67. The summed E-state index contributed by atoms with van der Waals surface area (Å²) in [4.78, 5) is 15.6. The molecule has 18 heavy (non-hydrogen) atoms. The zero-order chi connectivity index (χ0) is 13.0. The number of hydrogen-bond acceptors (Lipinski definition) is 3. The van der Waals surface area contributed by atoms with E-state index >= 15 is 0 Å². The molecular weight excluding hydrogens is 228 g/mol. The van der Waals surface area contributed by atoms with Crippen LogP contribution in [-0.4, -0.2) is 28.0 Å². The predicted molar refractivity (Wildman–Crippen MR) is 70.1 cm³/mol. The normalized spacial score (nSPS) is 15.1. The predicted octanol–water partition coefficient (Wildman–Crippen LogP) is 1.22. The average Bonchev–Trinajstić information content (AvgIpc) is 2.99. The fraction of sp³-hybridized carbons (Fsp3) is 0.692. The molecule has 1 fully saturated rings. The summed E-state index contributed by atoms with van der Waals surface area (Å²) in [6.07, 6.45) is 6.56. The minimum Gasteiger partial charge on any atom is -0.353 e. The molecule has 1 aromatic rings. The number of nitrogens with one attached hydrogen (secondary N) is 2. The second-order valence-electron chi connectivity index (χ2n) is 5.15. The molecule has 0 aliphatic heterocycles. The van der Waals surface area contributed by atoms with Gasteiger partial charge in [-0.15, -0.1) is 0 Å². The second kappa shape index (κ2) is 6.00. The molecule has 0 bridgehead atoms. The van der Waals surface area contributed by atoms with Crippen molar-refractivity contribution in [1.82, 2.24) is 20.2 Å². The van der Waals surface area contributed by atoms with Gasteiger partial charge in [-0.2, -0.15) is 0 Å². The highest BCUT2D eigenvalue weighted by atomic mass is 16.1. The quantitative estimate of drug-likeness (QED) is 0.715. The van der Waals surface area contributed by atoms with Crippen LogP contribution in [0.15, 0.2) is 12.5 Å². The van der Waals surface area contributed by atoms with Crippen molar-refractivity contribution in [2.24, 2.45) is 0 Å². The number of nitrogens with zero attached hydrogens (tertiary/aromatic N) is 2. The molecule has 1 heterocycles. The van der Waals surface area contributed by atoms with Crippen LogP contribution in [0.3, 0.4) is 0 Å². The van der Waals surface area contributed by atoms with Crippen molar-refractivity contribution in [1.29, 1.82) is 0 Å². The smallest absolute Gasteiger partial charge is 0.221 e. The number of amides is 1. The lowest BCUT2D eigenvalue weighted by Gasteiger charge is -2.12. The number of rotatable bonds is 7. The number of hydrogen-bond donors (Lipinski definition) is 2. The van der Waals surface area contributed by atoms with Crippen molar-refractivity contribution in [3.05, 3.63) is 18.2 Å². The third-order valence-electron chi connectivity index (χ3n) is 3.08. The van der Waals surface area contributed by atoms with Crippen LogP contribution in [0.5, 0.6) is 0 Å². The molecule has 0 radical (unpaired) electrons. The molecule has 0 spiro atoms. The molecule has 1 amide bonds. The third kappa shape index (κ3) is 3.84. The van der Waals surface area contributed by atoms with Crippen LogP contribution in [0.2, 0.25) is 0 Å². The summed E-state index contributed by atoms with van der Waals surface area (Å²) in [5, 5.41) is 6.27. The Hall–Kier alpha value is -1.36. The standard InChI is InChI=1S/C13H22N4O/c1-10(2)17-9-15-8-12(17)7-14-6-5-13(18)16-11-3-4-11/h8-11,14H,3-7H2,1-2H3,(H,16,18). The molecule has 1 aliphatic carbocycles. The van der Waals surface area contributed by atoms with Crippen molar-refractivity contribution < 1.29 is 4.79 Å². The molecule has 2 N–H and O–H groups in total. The third-order valence-corrected chi connectivity index (χ3v) is 3.08. The minimum absolute atomic E-state index is 0.155. The Bertz CT molecular complexity index is 395. The monoisotopic (exact) mass is 250 g/mol. The molecule has 1 aliphatic rings. The van der Waals surface area contributed by atoms with Gasteiger partial charge in [-0.3, -0.25) is 4.79 Å². The maximum absolute atomic E-state index is 11.5. The summed E-state index contributed by atoms with van der Waals surface area (Å²) in [6, 6.07) is 0.877. The molecule has 1 saturated carbocycles. The van der Waals surface area contributed by atoms with Crippen LogP contribution >= 0.6 is 0 Å². The maximum Gasteiger partial charge on any atom is 0.221 e. The van der Waals surface area contributed by atoms with Crippen LogP contribution in [0.4, 0.5) is 0 Å².